The molecule has 2 aromatic carbocycles. The quantitative estimate of drug-likeness (QED) is 0.748. The van der Waals surface area contributed by atoms with Gasteiger partial charge >= 0.3 is 0 Å². The Balaban J connectivity index is 1.90. The zero-order valence-electron chi connectivity index (χ0n) is 13.1. The fourth-order valence-electron chi connectivity index (χ4n) is 2.52. The maximum Gasteiger partial charge on any atom is 0.258 e. The number of amides is 1. The maximum atomic E-state index is 12.7. The first-order chi connectivity index (χ1) is 11.6. The van der Waals surface area contributed by atoms with Crippen LogP contribution in [0.15, 0.2) is 57.8 Å². The van der Waals surface area contributed by atoms with Gasteiger partial charge in [-0.3, -0.25) is 9.59 Å². The molecule has 1 N–H and O–H groups in total. The molecule has 3 rings (SSSR count). The van der Waals surface area contributed by atoms with Gasteiger partial charge in [0, 0.05) is 16.6 Å². The summed E-state index contributed by atoms with van der Waals surface area (Å²) in [5, 5.41) is 0.544. The Morgan fingerprint density at radius 3 is 2.75 bits per heavy atom. The van der Waals surface area contributed by atoms with E-state index in [1.165, 1.54) is 0 Å². The number of carbonyl (C=O) groups excluding carboxylic acids is 1. The lowest BCUT2D eigenvalue weighted by Crippen LogP contribution is -2.32. The molecule has 0 spiro atoms. The van der Waals surface area contributed by atoms with E-state index in [9.17, 15) is 9.59 Å². The van der Waals surface area contributed by atoms with Crippen molar-refractivity contribution in [2.24, 2.45) is 0 Å². The van der Waals surface area contributed by atoms with Crippen LogP contribution in [0, 0.1) is 0 Å². The highest BCUT2D eigenvalue weighted by molar-refractivity contribution is 9.10. The SMILES string of the molecule is CCN(Cc1nc2ccccc2c(=O)[nH]1)C(=O)c1cccc(Br)c1. The number of aromatic amines is 1. The Morgan fingerprint density at radius 1 is 1.21 bits per heavy atom. The first kappa shape index (κ1) is 16.4. The average molecular weight is 386 g/mol. The topological polar surface area (TPSA) is 66.1 Å². The summed E-state index contributed by atoms with van der Waals surface area (Å²) in [4.78, 5) is 33.7. The Hall–Kier alpha value is -2.47. The lowest BCUT2D eigenvalue weighted by molar-refractivity contribution is 0.0748. The second-order valence-electron chi connectivity index (χ2n) is 5.36. The highest BCUT2D eigenvalue weighted by atomic mass is 79.9. The van der Waals surface area contributed by atoms with Crippen molar-refractivity contribution in [3.8, 4) is 0 Å². The monoisotopic (exact) mass is 385 g/mol. The lowest BCUT2D eigenvalue weighted by atomic mass is 10.2. The summed E-state index contributed by atoms with van der Waals surface area (Å²) in [6.45, 7) is 2.67. The molecule has 0 saturated heterocycles. The summed E-state index contributed by atoms with van der Waals surface area (Å²) in [6.07, 6.45) is 0. The molecule has 0 aliphatic rings. The molecule has 0 atom stereocenters. The number of nitrogens with zero attached hydrogens (tertiary/aromatic N) is 2. The molecule has 0 aliphatic heterocycles. The lowest BCUT2D eigenvalue weighted by Gasteiger charge is -2.20. The summed E-state index contributed by atoms with van der Waals surface area (Å²) in [7, 11) is 0. The second-order valence-corrected chi connectivity index (χ2v) is 6.28. The molecule has 3 aromatic rings. The number of halogens is 1. The molecule has 1 aromatic heterocycles. The molecule has 1 amide bonds. The van der Waals surface area contributed by atoms with Crippen molar-refractivity contribution >= 4 is 32.7 Å². The molecule has 0 bridgehead atoms. The zero-order chi connectivity index (χ0) is 17.1. The van der Waals surface area contributed by atoms with Gasteiger partial charge in [0.05, 0.1) is 17.4 Å². The van der Waals surface area contributed by atoms with Crippen LogP contribution in [0.1, 0.15) is 23.1 Å². The van der Waals surface area contributed by atoms with Crippen LogP contribution in [0.4, 0.5) is 0 Å². The van der Waals surface area contributed by atoms with Gasteiger partial charge in [0.1, 0.15) is 5.82 Å². The van der Waals surface area contributed by atoms with Gasteiger partial charge in [0.15, 0.2) is 0 Å². The predicted octanol–water partition coefficient (Wildman–Crippen LogP) is 3.35. The molecule has 0 fully saturated rings. The van der Waals surface area contributed by atoms with Crippen LogP contribution in [0.5, 0.6) is 0 Å². The van der Waals surface area contributed by atoms with Crippen LogP contribution in [-0.4, -0.2) is 27.3 Å². The molecular weight excluding hydrogens is 370 g/mol. The van der Waals surface area contributed by atoms with Crippen molar-refractivity contribution in [2.75, 3.05) is 6.54 Å². The second kappa shape index (κ2) is 6.97. The van der Waals surface area contributed by atoms with Crippen molar-refractivity contribution in [2.45, 2.75) is 13.5 Å². The smallest absolute Gasteiger partial charge is 0.258 e. The van der Waals surface area contributed by atoms with Crippen LogP contribution in [0.3, 0.4) is 0 Å². The van der Waals surface area contributed by atoms with Gasteiger partial charge in [-0.2, -0.15) is 0 Å². The van der Waals surface area contributed by atoms with Gasteiger partial charge in [0.25, 0.3) is 11.5 Å². The van der Waals surface area contributed by atoms with Crippen LogP contribution in [-0.2, 0) is 6.54 Å². The zero-order valence-corrected chi connectivity index (χ0v) is 14.7. The normalized spacial score (nSPS) is 10.8. The number of benzene rings is 2. The van der Waals surface area contributed by atoms with E-state index in [0.717, 1.165) is 4.47 Å². The molecule has 0 saturated carbocycles. The van der Waals surface area contributed by atoms with Crippen molar-refractivity contribution in [1.29, 1.82) is 0 Å². The molecule has 0 radical (unpaired) electrons. The van der Waals surface area contributed by atoms with E-state index in [0.29, 0.717) is 28.8 Å². The highest BCUT2D eigenvalue weighted by Crippen LogP contribution is 2.15. The van der Waals surface area contributed by atoms with Crippen LogP contribution >= 0.6 is 15.9 Å². The van der Waals surface area contributed by atoms with Gasteiger partial charge in [-0.1, -0.05) is 34.1 Å². The van der Waals surface area contributed by atoms with E-state index in [1.54, 1.807) is 35.2 Å². The van der Waals surface area contributed by atoms with Crippen LogP contribution in [0.2, 0.25) is 0 Å². The van der Waals surface area contributed by atoms with Crippen LogP contribution < -0.4 is 5.56 Å². The molecule has 6 heteroatoms. The summed E-state index contributed by atoms with van der Waals surface area (Å²) in [5.74, 6) is 0.374. The molecule has 1 heterocycles. The number of H-pyrrole nitrogens is 1. The number of hydrogen-bond donors (Lipinski definition) is 1. The Bertz CT molecular complexity index is 952. The predicted molar refractivity (Wildman–Crippen MR) is 96.9 cm³/mol. The van der Waals surface area contributed by atoms with E-state index in [4.69, 9.17) is 0 Å². The van der Waals surface area contributed by atoms with E-state index >= 15 is 0 Å². The Labute approximate surface area is 147 Å². The number of carbonyl (C=O) groups is 1. The van der Waals surface area contributed by atoms with Gasteiger partial charge in [-0.25, -0.2) is 4.98 Å². The number of nitrogens with one attached hydrogen (secondary N) is 1. The Kier molecular flexibility index (Phi) is 4.76. The van der Waals surface area contributed by atoms with E-state index in [-0.39, 0.29) is 18.0 Å². The number of para-hydroxylation sites is 1. The summed E-state index contributed by atoms with van der Waals surface area (Å²) in [5.41, 5.74) is 1.03. The van der Waals surface area contributed by atoms with Gasteiger partial charge in [0.2, 0.25) is 0 Å². The number of fused-ring (bicyclic) bond motifs is 1. The standard InChI is InChI=1S/C18H16BrN3O2/c1-2-22(18(24)12-6-5-7-13(19)10-12)11-16-20-15-9-4-3-8-14(15)17(23)21-16/h3-10H,2,11H2,1H3,(H,20,21,23). The Morgan fingerprint density at radius 2 is 2.00 bits per heavy atom. The van der Waals surface area contributed by atoms with E-state index < -0.39 is 0 Å². The van der Waals surface area contributed by atoms with Gasteiger partial charge in [-0.05, 0) is 37.3 Å². The number of hydrogen-bond acceptors (Lipinski definition) is 3. The molecular formula is C18H16BrN3O2. The summed E-state index contributed by atoms with van der Waals surface area (Å²) < 4.78 is 0.849. The maximum absolute atomic E-state index is 12.7. The van der Waals surface area contributed by atoms with Crippen molar-refractivity contribution in [1.82, 2.24) is 14.9 Å². The van der Waals surface area contributed by atoms with E-state index in [2.05, 4.69) is 25.9 Å². The van der Waals surface area contributed by atoms with E-state index in [1.807, 2.05) is 25.1 Å². The van der Waals surface area contributed by atoms with Crippen LogP contribution in [0.25, 0.3) is 10.9 Å². The number of aromatic nitrogens is 2. The summed E-state index contributed by atoms with van der Waals surface area (Å²) >= 11 is 3.37. The third-order valence-corrected chi connectivity index (χ3v) is 4.24. The fourth-order valence-corrected chi connectivity index (χ4v) is 2.92. The highest BCUT2D eigenvalue weighted by Gasteiger charge is 2.16. The van der Waals surface area contributed by atoms with Crippen molar-refractivity contribution in [3.05, 3.63) is 74.7 Å². The summed E-state index contributed by atoms with van der Waals surface area (Å²) in [6, 6.07) is 14.4. The van der Waals surface area contributed by atoms with Gasteiger partial charge < -0.3 is 9.88 Å². The minimum absolute atomic E-state index is 0.102. The molecule has 0 aliphatic carbocycles. The molecule has 24 heavy (non-hydrogen) atoms. The molecule has 122 valence electrons. The van der Waals surface area contributed by atoms with Gasteiger partial charge in [-0.15, -0.1) is 0 Å². The largest absolute Gasteiger partial charge is 0.331 e. The average Bonchev–Trinajstić information content (AvgIpc) is 2.59. The van der Waals surface area contributed by atoms with Crippen molar-refractivity contribution in [3.63, 3.8) is 0 Å². The minimum atomic E-state index is -0.193. The molecule has 5 nitrogen and oxygen atoms in total. The van der Waals surface area contributed by atoms with Crippen molar-refractivity contribution < 1.29 is 4.79 Å². The third-order valence-electron chi connectivity index (χ3n) is 3.74. The fraction of sp³-hybridized carbons (Fsp3) is 0.167. The first-order valence-electron chi connectivity index (χ1n) is 7.61. The third kappa shape index (κ3) is 3.38. The molecule has 0 unspecified atom stereocenters. The minimum Gasteiger partial charge on any atom is -0.331 e. The number of rotatable bonds is 4. The first-order valence-corrected chi connectivity index (χ1v) is 8.40.